The van der Waals surface area contributed by atoms with E-state index in [1.807, 2.05) is 35.8 Å². The Labute approximate surface area is 160 Å². The molecule has 0 N–H and O–H groups in total. The molecule has 1 aromatic rings. The number of likely N-dealkylation sites (N-methyl/N-ethyl adjacent to an activating group) is 1. The van der Waals surface area contributed by atoms with Crippen molar-refractivity contribution in [2.24, 2.45) is 0 Å². The number of likely N-dealkylation sites (tertiary alicyclic amines) is 1. The van der Waals surface area contributed by atoms with Crippen LogP contribution in [0.4, 0.5) is 0 Å². The summed E-state index contributed by atoms with van der Waals surface area (Å²) in [7, 11) is 2.12. The summed E-state index contributed by atoms with van der Waals surface area (Å²) in [5.41, 5.74) is 1.49. The molecule has 2 amide bonds. The van der Waals surface area contributed by atoms with Crippen molar-refractivity contribution in [2.75, 3.05) is 39.8 Å². The van der Waals surface area contributed by atoms with Crippen molar-refractivity contribution < 1.29 is 9.59 Å². The van der Waals surface area contributed by atoms with Crippen molar-refractivity contribution >= 4 is 23.4 Å². The van der Waals surface area contributed by atoms with Gasteiger partial charge in [-0.15, -0.1) is 0 Å². The summed E-state index contributed by atoms with van der Waals surface area (Å²) in [5.74, 6) is 0.258. The van der Waals surface area contributed by atoms with Crippen molar-refractivity contribution in [3.63, 3.8) is 0 Å². The standard InChI is InChI=1S/C20H28ClN3O2/c1-4-23-10-9-20(8-7-18(23)25)14-24(12-11-22(20)3)19(26)16-6-5-15(2)17(21)13-16/h5-6,13H,4,7-12,14H2,1-3H3/t20-/m0/s1. The maximum absolute atomic E-state index is 13.0. The molecule has 0 radical (unpaired) electrons. The summed E-state index contributed by atoms with van der Waals surface area (Å²) < 4.78 is 0. The number of carbonyl (C=O) groups excluding carboxylic acids is 2. The number of hydrogen-bond acceptors (Lipinski definition) is 3. The van der Waals surface area contributed by atoms with E-state index in [2.05, 4.69) is 11.9 Å². The van der Waals surface area contributed by atoms with Gasteiger partial charge in [0.1, 0.15) is 0 Å². The Kier molecular flexibility index (Phi) is 5.58. The molecular formula is C20H28ClN3O2. The van der Waals surface area contributed by atoms with Crippen LogP contribution < -0.4 is 0 Å². The molecular weight excluding hydrogens is 350 g/mol. The van der Waals surface area contributed by atoms with E-state index in [1.54, 1.807) is 6.07 Å². The molecule has 0 aliphatic carbocycles. The number of rotatable bonds is 2. The van der Waals surface area contributed by atoms with Crippen LogP contribution in [-0.4, -0.2) is 71.8 Å². The smallest absolute Gasteiger partial charge is 0.254 e. The first kappa shape index (κ1) is 19.2. The van der Waals surface area contributed by atoms with Gasteiger partial charge in [0, 0.05) is 55.3 Å². The predicted molar refractivity (Wildman–Crippen MR) is 104 cm³/mol. The molecule has 5 nitrogen and oxygen atoms in total. The van der Waals surface area contributed by atoms with Crippen molar-refractivity contribution in [3.05, 3.63) is 34.3 Å². The first-order valence-corrected chi connectivity index (χ1v) is 9.78. The third kappa shape index (κ3) is 3.60. The van der Waals surface area contributed by atoms with Crippen LogP contribution >= 0.6 is 11.6 Å². The van der Waals surface area contributed by atoms with Crippen LogP contribution in [0.25, 0.3) is 0 Å². The summed E-state index contributed by atoms with van der Waals surface area (Å²) in [6.07, 6.45) is 2.26. The largest absolute Gasteiger partial charge is 0.343 e. The number of hydrogen-bond donors (Lipinski definition) is 0. The van der Waals surface area contributed by atoms with Crippen LogP contribution in [0.15, 0.2) is 18.2 Å². The Morgan fingerprint density at radius 3 is 2.69 bits per heavy atom. The van der Waals surface area contributed by atoms with E-state index in [0.717, 1.165) is 38.0 Å². The van der Waals surface area contributed by atoms with Gasteiger partial charge >= 0.3 is 0 Å². The minimum Gasteiger partial charge on any atom is -0.343 e. The third-order valence-corrected chi connectivity index (χ3v) is 6.50. The lowest BCUT2D eigenvalue weighted by Gasteiger charge is -2.49. The molecule has 2 fully saturated rings. The molecule has 2 saturated heterocycles. The highest BCUT2D eigenvalue weighted by molar-refractivity contribution is 6.31. The molecule has 0 saturated carbocycles. The molecule has 1 aromatic carbocycles. The second-order valence-corrected chi connectivity index (χ2v) is 7.97. The number of nitrogens with zero attached hydrogens (tertiary/aromatic N) is 3. The number of benzene rings is 1. The topological polar surface area (TPSA) is 43.9 Å². The van der Waals surface area contributed by atoms with Gasteiger partial charge in [0.2, 0.25) is 5.91 Å². The summed E-state index contributed by atoms with van der Waals surface area (Å²) >= 11 is 6.21. The fourth-order valence-electron chi connectivity index (χ4n) is 4.11. The maximum Gasteiger partial charge on any atom is 0.254 e. The van der Waals surface area contributed by atoms with Crippen LogP contribution in [0, 0.1) is 6.92 Å². The van der Waals surface area contributed by atoms with Gasteiger partial charge in [0.25, 0.3) is 5.91 Å². The van der Waals surface area contributed by atoms with Crippen molar-refractivity contribution in [1.29, 1.82) is 0 Å². The van der Waals surface area contributed by atoms with Gasteiger partial charge < -0.3 is 9.80 Å². The maximum atomic E-state index is 13.0. The Balaban J connectivity index is 1.80. The molecule has 1 atom stereocenters. The van der Waals surface area contributed by atoms with Crippen LogP contribution in [0.5, 0.6) is 0 Å². The van der Waals surface area contributed by atoms with Crippen LogP contribution in [-0.2, 0) is 4.79 Å². The molecule has 26 heavy (non-hydrogen) atoms. The molecule has 3 rings (SSSR count). The third-order valence-electron chi connectivity index (χ3n) is 6.09. The summed E-state index contributed by atoms with van der Waals surface area (Å²) in [4.78, 5) is 31.6. The Morgan fingerprint density at radius 1 is 1.23 bits per heavy atom. The zero-order valence-electron chi connectivity index (χ0n) is 15.9. The molecule has 142 valence electrons. The number of aryl methyl sites for hydroxylation is 1. The second-order valence-electron chi connectivity index (χ2n) is 7.56. The highest BCUT2D eigenvalue weighted by Gasteiger charge is 2.43. The highest BCUT2D eigenvalue weighted by atomic mass is 35.5. The quantitative estimate of drug-likeness (QED) is 0.796. The first-order valence-electron chi connectivity index (χ1n) is 9.41. The van der Waals surface area contributed by atoms with E-state index in [4.69, 9.17) is 11.6 Å². The van der Waals surface area contributed by atoms with Gasteiger partial charge in [-0.2, -0.15) is 0 Å². The summed E-state index contributed by atoms with van der Waals surface area (Å²) in [6.45, 7) is 7.67. The fourth-order valence-corrected chi connectivity index (χ4v) is 4.29. The van der Waals surface area contributed by atoms with E-state index >= 15 is 0 Å². The number of halogens is 1. The Morgan fingerprint density at radius 2 is 2.00 bits per heavy atom. The highest BCUT2D eigenvalue weighted by Crippen LogP contribution is 2.33. The minimum absolute atomic E-state index is 0.0299. The lowest BCUT2D eigenvalue weighted by Crippen LogP contribution is -2.62. The average molecular weight is 378 g/mol. The summed E-state index contributed by atoms with van der Waals surface area (Å²) in [6, 6.07) is 5.51. The van der Waals surface area contributed by atoms with Gasteiger partial charge in [-0.3, -0.25) is 14.5 Å². The van der Waals surface area contributed by atoms with Crippen molar-refractivity contribution in [3.8, 4) is 0 Å². The van der Waals surface area contributed by atoms with Gasteiger partial charge in [-0.05, 0) is 51.4 Å². The second kappa shape index (κ2) is 7.57. The van der Waals surface area contributed by atoms with Gasteiger partial charge in [-0.1, -0.05) is 17.7 Å². The van der Waals surface area contributed by atoms with Crippen LogP contribution in [0.3, 0.4) is 0 Å². The first-order chi connectivity index (χ1) is 12.4. The average Bonchev–Trinajstić information content (AvgIpc) is 2.79. The minimum atomic E-state index is -0.123. The SMILES string of the molecule is CCN1CC[C@@]2(CCC1=O)CN(C(=O)c1ccc(C)c(Cl)c1)CCN2C. The molecule has 0 unspecified atom stereocenters. The van der Waals surface area contributed by atoms with E-state index in [0.29, 0.717) is 30.1 Å². The van der Waals surface area contributed by atoms with E-state index in [-0.39, 0.29) is 17.4 Å². The van der Waals surface area contributed by atoms with Gasteiger partial charge in [-0.25, -0.2) is 0 Å². The number of carbonyl (C=O) groups is 2. The lowest BCUT2D eigenvalue weighted by atomic mass is 9.86. The van der Waals surface area contributed by atoms with E-state index < -0.39 is 0 Å². The molecule has 1 spiro atoms. The predicted octanol–water partition coefficient (Wildman–Crippen LogP) is 2.81. The zero-order chi connectivity index (χ0) is 18.9. The van der Waals surface area contributed by atoms with E-state index in [1.165, 1.54) is 0 Å². The Bertz CT molecular complexity index is 708. The number of piperazine rings is 1. The van der Waals surface area contributed by atoms with Crippen LogP contribution in [0.1, 0.15) is 42.1 Å². The molecule has 2 aliphatic heterocycles. The molecule has 0 aromatic heterocycles. The van der Waals surface area contributed by atoms with E-state index in [9.17, 15) is 9.59 Å². The molecule has 2 heterocycles. The number of amides is 2. The molecule has 0 bridgehead atoms. The van der Waals surface area contributed by atoms with Crippen molar-refractivity contribution in [2.45, 2.75) is 38.6 Å². The fraction of sp³-hybridized carbons (Fsp3) is 0.600. The monoisotopic (exact) mass is 377 g/mol. The molecule has 2 aliphatic rings. The lowest BCUT2D eigenvalue weighted by molar-refractivity contribution is -0.130. The summed E-state index contributed by atoms with van der Waals surface area (Å²) in [5, 5.41) is 0.623. The Hall–Kier alpha value is -1.59. The molecule has 6 heteroatoms. The van der Waals surface area contributed by atoms with Gasteiger partial charge in [0.15, 0.2) is 0 Å². The van der Waals surface area contributed by atoms with Crippen LogP contribution in [0.2, 0.25) is 5.02 Å². The zero-order valence-corrected chi connectivity index (χ0v) is 16.7. The van der Waals surface area contributed by atoms with Crippen molar-refractivity contribution in [1.82, 2.24) is 14.7 Å². The van der Waals surface area contributed by atoms with Gasteiger partial charge in [0.05, 0.1) is 0 Å². The normalized spacial score (nSPS) is 24.8.